The normalized spacial score (nSPS) is 15.3. The van der Waals surface area contributed by atoms with Crippen LogP contribution in [0.1, 0.15) is 35.9 Å². The number of carbonyl (C=O) groups is 1. The fourth-order valence-electron chi connectivity index (χ4n) is 2.78. The van der Waals surface area contributed by atoms with E-state index < -0.39 is 0 Å². The summed E-state index contributed by atoms with van der Waals surface area (Å²) in [5, 5.41) is 2.96. The highest BCUT2D eigenvalue weighted by Gasteiger charge is 2.24. The van der Waals surface area contributed by atoms with Crippen LogP contribution in [0.3, 0.4) is 0 Å². The van der Waals surface area contributed by atoms with Gasteiger partial charge in [-0.3, -0.25) is 4.79 Å². The number of hydrogen-bond acceptors (Lipinski definition) is 6. The van der Waals surface area contributed by atoms with Crippen molar-refractivity contribution in [1.29, 1.82) is 0 Å². The molecule has 0 aliphatic carbocycles. The van der Waals surface area contributed by atoms with Crippen LogP contribution in [0.25, 0.3) is 0 Å². The lowest BCUT2D eigenvalue weighted by Gasteiger charge is -2.33. The molecule has 1 saturated heterocycles. The van der Waals surface area contributed by atoms with Crippen molar-refractivity contribution in [3.8, 4) is 0 Å². The highest BCUT2D eigenvalue weighted by Crippen LogP contribution is 2.22. The van der Waals surface area contributed by atoms with Crippen molar-refractivity contribution >= 4 is 11.7 Å². The average molecular weight is 330 g/mol. The molecule has 0 bridgehead atoms. The molecule has 0 saturated carbocycles. The number of piperidine rings is 1. The fourth-order valence-corrected chi connectivity index (χ4v) is 2.78. The SMILES string of the molecule is CCc1ncnc(N2CCC(NC(=O)c3ccncn3)CC2)c1F. The summed E-state index contributed by atoms with van der Waals surface area (Å²) in [7, 11) is 0. The Labute approximate surface area is 139 Å². The zero-order chi connectivity index (χ0) is 16.9. The summed E-state index contributed by atoms with van der Waals surface area (Å²) < 4.78 is 14.3. The van der Waals surface area contributed by atoms with Crippen molar-refractivity contribution in [3.05, 3.63) is 42.1 Å². The average Bonchev–Trinajstić information content (AvgIpc) is 2.63. The number of aromatic nitrogens is 4. The maximum Gasteiger partial charge on any atom is 0.270 e. The Kier molecular flexibility index (Phi) is 4.93. The molecule has 1 aliphatic rings. The quantitative estimate of drug-likeness (QED) is 0.911. The van der Waals surface area contributed by atoms with Gasteiger partial charge in [-0.25, -0.2) is 24.3 Å². The van der Waals surface area contributed by atoms with Gasteiger partial charge < -0.3 is 10.2 Å². The van der Waals surface area contributed by atoms with E-state index in [2.05, 4.69) is 25.3 Å². The Morgan fingerprint density at radius 1 is 1.29 bits per heavy atom. The van der Waals surface area contributed by atoms with Gasteiger partial charge >= 0.3 is 0 Å². The molecule has 3 heterocycles. The molecular weight excluding hydrogens is 311 g/mol. The monoisotopic (exact) mass is 330 g/mol. The van der Waals surface area contributed by atoms with Gasteiger partial charge in [0.2, 0.25) is 0 Å². The molecule has 1 aliphatic heterocycles. The van der Waals surface area contributed by atoms with E-state index in [1.807, 2.05) is 11.8 Å². The van der Waals surface area contributed by atoms with Crippen LogP contribution in [0.4, 0.5) is 10.2 Å². The molecule has 24 heavy (non-hydrogen) atoms. The van der Waals surface area contributed by atoms with Gasteiger partial charge in [-0.05, 0) is 25.3 Å². The highest BCUT2D eigenvalue weighted by atomic mass is 19.1. The number of halogens is 1. The number of anilines is 1. The highest BCUT2D eigenvalue weighted by molar-refractivity contribution is 5.92. The lowest BCUT2D eigenvalue weighted by molar-refractivity contribution is 0.0925. The summed E-state index contributed by atoms with van der Waals surface area (Å²) in [6, 6.07) is 1.62. The second kappa shape index (κ2) is 7.29. The molecule has 0 unspecified atom stereocenters. The smallest absolute Gasteiger partial charge is 0.270 e. The molecule has 0 aromatic carbocycles. The minimum atomic E-state index is -0.344. The fraction of sp³-hybridized carbons (Fsp3) is 0.438. The topological polar surface area (TPSA) is 83.9 Å². The third kappa shape index (κ3) is 3.47. The molecule has 0 spiro atoms. The van der Waals surface area contributed by atoms with Crippen molar-refractivity contribution in [1.82, 2.24) is 25.3 Å². The third-order valence-electron chi connectivity index (χ3n) is 4.12. The Hall–Kier alpha value is -2.64. The van der Waals surface area contributed by atoms with Gasteiger partial charge in [-0.2, -0.15) is 0 Å². The standard InChI is InChI=1S/C16H19FN6O/c1-2-12-14(17)15(21-10-20-12)23-7-4-11(5-8-23)22-16(24)13-3-6-18-9-19-13/h3,6,9-11H,2,4-5,7-8H2,1H3,(H,22,24). The number of carbonyl (C=O) groups excluding carboxylic acids is 1. The van der Waals surface area contributed by atoms with E-state index in [1.165, 1.54) is 18.9 Å². The van der Waals surface area contributed by atoms with Gasteiger partial charge in [0.25, 0.3) is 5.91 Å². The van der Waals surface area contributed by atoms with E-state index in [-0.39, 0.29) is 17.8 Å². The van der Waals surface area contributed by atoms with Crippen molar-refractivity contribution in [2.45, 2.75) is 32.2 Å². The minimum absolute atomic E-state index is 0.0410. The van der Waals surface area contributed by atoms with Crippen molar-refractivity contribution in [2.24, 2.45) is 0 Å². The van der Waals surface area contributed by atoms with Gasteiger partial charge in [0.1, 0.15) is 18.3 Å². The van der Waals surface area contributed by atoms with Crippen molar-refractivity contribution in [2.75, 3.05) is 18.0 Å². The second-order valence-electron chi connectivity index (χ2n) is 5.64. The number of aryl methyl sites for hydroxylation is 1. The van der Waals surface area contributed by atoms with Crippen LogP contribution in [-0.2, 0) is 6.42 Å². The van der Waals surface area contributed by atoms with Gasteiger partial charge in [-0.15, -0.1) is 0 Å². The number of amides is 1. The van der Waals surface area contributed by atoms with Gasteiger partial charge in [0.05, 0.1) is 5.69 Å². The Morgan fingerprint density at radius 2 is 2.08 bits per heavy atom. The summed E-state index contributed by atoms with van der Waals surface area (Å²) in [5.74, 6) is -0.205. The molecule has 3 rings (SSSR count). The third-order valence-corrected chi connectivity index (χ3v) is 4.12. The van der Waals surface area contributed by atoms with Crippen LogP contribution >= 0.6 is 0 Å². The molecule has 0 atom stereocenters. The van der Waals surface area contributed by atoms with E-state index in [1.54, 1.807) is 6.07 Å². The number of nitrogens with zero attached hydrogens (tertiary/aromatic N) is 5. The zero-order valence-corrected chi connectivity index (χ0v) is 13.4. The maximum absolute atomic E-state index is 14.3. The van der Waals surface area contributed by atoms with E-state index >= 15 is 0 Å². The first-order valence-corrected chi connectivity index (χ1v) is 8.00. The van der Waals surface area contributed by atoms with Gasteiger partial charge in [-0.1, -0.05) is 6.92 Å². The Morgan fingerprint density at radius 3 is 2.75 bits per heavy atom. The molecule has 1 fully saturated rings. The molecule has 126 valence electrons. The molecule has 0 radical (unpaired) electrons. The van der Waals surface area contributed by atoms with Gasteiger partial charge in [0, 0.05) is 25.3 Å². The Balaban J connectivity index is 1.59. The van der Waals surface area contributed by atoms with E-state index in [0.717, 1.165) is 12.8 Å². The van der Waals surface area contributed by atoms with Crippen LogP contribution in [0.2, 0.25) is 0 Å². The molecule has 1 N–H and O–H groups in total. The van der Waals surface area contributed by atoms with Crippen molar-refractivity contribution < 1.29 is 9.18 Å². The maximum atomic E-state index is 14.3. The zero-order valence-electron chi connectivity index (χ0n) is 13.4. The molecular formula is C16H19FN6O. The predicted octanol–water partition coefficient (Wildman–Crippen LogP) is 1.37. The summed E-state index contributed by atoms with van der Waals surface area (Å²) >= 11 is 0. The minimum Gasteiger partial charge on any atom is -0.354 e. The van der Waals surface area contributed by atoms with Crippen LogP contribution in [-0.4, -0.2) is 45.0 Å². The number of hydrogen-bond donors (Lipinski definition) is 1. The van der Waals surface area contributed by atoms with Crippen LogP contribution < -0.4 is 10.2 Å². The van der Waals surface area contributed by atoms with Crippen molar-refractivity contribution in [3.63, 3.8) is 0 Å². The van der Waals surface area contributed by atoms with Crippen LogP contribution in [0.15, 0.2) is 24.9 Å². The largest absolute Gasteiger partial charge is 0.354 e. The second-order valence-corrected chi connectivity index (χ2v) is 5.64. The number of rotatable bonds is 4. The van der Waals surface area contributed by atoms with E-state index in [4.69, 9.17) is 0 Å². The van der Waals surface area contributed by atoms with E-state index in [9.17, 15) is 9.18 Å². The first-order valence-electron chi connectivity index (χ1n) is 8.00. The molecule has 1 amide bonds. The lowest BCUT2D eigenvalue weighted by atomic mass is 10.0. The summed E-state index contributed by atoms with van der Waals surface area (Å²) in [6.45, 7) is 3.13. The molecule has 7 nitrogen and oxygen atoms in total. The number of nitrogens with one attached hydrogen (secondary N) is 1. The summed E-state index contributed by atoms with van der Waals surface area (Å²) in [4.78, 5) is 29.8. The van der Waals surface area contributed by atoms with Crippen LogP contribution in [0.5, 0.6) is 0 Å². The lowest BCUT2D eigenvalue weighted by Crippen LogP contribution is -2.45. The summed E-state index contributed by atoms with van der Waals surface area (Å²) in [6.07, 6.45) is 6.27. The predicted molar refractivity (Wildman–Crippen MR) is 86.1 cm³/mol. The molecule has 2 aromatic heterocycles. The van der Waals surface area contributed by atoms with Crippen LogP contribution in [0, 0.1) is 5.82 Å². The van der Waals surface area contributed by atoms with Gasteiger partial charge in [0.15, 0.2) is 11.6 Å². The Bertz CT molecular complexity index is 703. The molecule has 8 heteroatoms. The first kappa shape index (κ1) is 16.2. The molecule has 2 aromatic rings. The van der Waals surface area contributed by atoms with E-state index in [0.29, 0.717) is 36.7 Å². The first-order chi connectivity index (χ1) is 11.7. The summed E-state index contributed by atoms with van der Waals surface area (Å²) in [5.41, 5.74) is 0.779.